The van der Waals surface area contributed by atoms with Gasteiger partial charge in [-0.05, 0) is 40.0 Å². The lowest BCUT2D eigenvalue weighted by Crippen LogP contribution is -2.37. The molecule has 1 heterocycles. The molecule has 1 aliphatic rings. The quantitative estimate of drug-likeness (QED) is 0.650. The highest BCUT2D eigenvalue weighted by Gasteiger charge is 2.23. The highest BCUT2D eigenvalue weighted by atomic mass is 32.1. The van der Waals surface area contributed by atoms with Crippen LogP contribution in [-0.4, -0.2) is 34.9 Å². The van der Waals surface area contributed by atoms with Crippen LogP contribution in [0.4, 0.5) is 4.79 Å². The van der Waals surface area contributed by atoms with Gasteiger partial charge in [0.15, 0.2) is 0 Å². The Labute approximate surface area is 97.6 Å². The van der Waals surface area contributed by atoms with Crippen LogP contribution in [0.15, 0.2) is 0 Å². The normalized spacial score (nSPS) is 23.5. The van der Waals surface area contributed by atoms with E-state index >= 15 is 0 Å². The van der Waals surface area contributed by atoms with Gasteiger partial charge in [-0.1, -0.05) is 0 Å². The molecule has 88 valence electrons. The maximum Gasteiger partial charge on any atom is 0.410 e. The number of ether oxygens (including phenoxy) is 1. The van der Waals surface area contributed by atoms with Crippen LogP contribution < -0.4 is 0 Å². The standard InChI is InChI=1S/C11H21NO2S/c1-11(2,3)14-10(13)12-7-4-5-9(15)6-8-12/h9,15H,4-8H2,1-3H3/t9-/m0/s1. The summed E-state index contributed by atoms with van der Waals surface area (Å²) in [7, 11) is 0. The van der Waals surface area contributed by atoms with Gasteiger partial charge >= 0.3 is 6.09 Å². The number of hydrogen-bond acceptors (Lipinski definition) is 3. The van der Waals surface area contributed by atoms with Gasteiger partial charge in [-0.2, -0.15) is 12.6 Å². The van der Waals surface area contributed by atoms with Crippen LogP contribution in [0.2, 0.25) is 0 Å². The van der Waals surface area contributed by atoms with Gasteiger partial charge in [0.2, 0.25) is 0 Å². The Morgan fingerprint density at radius 3 is 2.60 bits per heavy atom. The molecule has 0 radical (unpaired) electrons. The predicted molar refractivity (Wildman–Crippen MR) is 64.4 cm³/mol. The van der Waals surface area contributed by atoms with E-state index in [4.69, 9.17) is 4.74 Å². The van der Waals surface area contributed by atoms with Gasteiger partial charge in [0.05, 0.1) is 0 Å². The molecule has 3 nitrogen and oxygen atoms in total. The molecule has 4 heteroatoms. The molecule has 1 rings (SSSR count). The van der Waals surface area contributed by atoms with Crippen molar-refractivity contribution in [1.82, 2.24) is 4.90 Å². The van der Waals surface area contributed by atoms with E-state index in [0.717, 1.165) is 32.4 Å². The van der Waals surface area contributed by atoms with Crippen molar-refractivity contribution in [2.45, 2.75) is 50.9 Å². The summed E-state index contributed by atoms with van der Waals surface area (Å²) in [6.07, 6.45) is 2.88. The number of likely N-dealkylation sites (tertiary alicyclic amines) is 1. The zero-order chi connectivity index (χ0) is 11.5. The zero-order valence-corrected chi connectivity index (χ0v) is 10.7. The van der Waals surface area contributed by atoms with Crippen LogP contribution in [-0.2, 0) is 4.74 Å². The monoisotopic (exact) mass is 231 g/mol. The number of rotatable bonds is 0. The van der Waals surface area contributed by atoms with E-state index in [1.165, 1.54) is 0 Å². The fraction of sp³-hybridized carbons (Fsp3) is 0.909. The Hall–Kier alpha value is -0.380. The average Bonchev–Trinajstić information content (AvgIpc) is 2.26. The number of thiol groups is 1. The highest BCUT2D eigenvalue weighted by molar-refractivity contribution is 7.80. The van der Waals surface area contributed by atoms with E-state index < -0.39 is 5.60 Å². The van der Waals surface area contributed by atoms with Crippen LogP contribution in [0.25, 0.3) is 0 Å². The molecule has 1 saturated heterocycles. The van der Waals surface area contributed by atoms with Crippen LogP contribution in [0.5, 0.6) is 0 Å². The van der Waals surface area contributed by atoms with Crippen molar-refractivity contribution in [3.8, 4) is 0 Å². The van der Waals surface area contributed by atoms with Crippen LogP contribution in [0.1, 0.15) is 40.0 Å². The SMILES string of the molecule is CC(C)(C)OC(=O)N1CCC[C@H](S)CC1. The van der Waals surface area contributed by atoms with Crippen molar-refractivity contribution in [3.63, 3.8) is 0 Å². The van der Waals surface area contributed by atoms with E-state index in [2.05, 4.69) is 12.6 Å². The molecule has 0 bridgehead atoms. The second kappa shape index (κ2) is 5.10. The van der Waals surface area contributed by atoms with Crippen LogP contribution >= 0.6 is 12.6 Å². The lowest BCUT2D eigenvalue weighted by molar-refractivity contribution is 0.0257. The average molecular weight is 231 g/mol. The molecule has 0 aliphatic carbocycles. The molecule has 0 saturated carbocycles. The first kappa shape index (κ1) is 12.7. The fourth-order valence-electron chi connectivity index (χ4n) is 1.59. The topological polar surface area (TPSA) is 29.5 Å². The molecule has 1 aliphatic heterocycles. The maximum absolute atomic E-state index is 11.8. The third kappa shape index (κ3) is 4.78. The van der Waals surface area contributed by atoms with Gasteiger partial charge in [-0.25, -0.2) is 4.79 Å². The first-order valence-corrected chi connectivity index (χ1v) is 6.06. The summed E-state index contributed by atoms with van der Waals surface area (Å²) in [6, 6.07) is 0. The largest absolute Gasteiger partial charge is 0.444 e. The number of carbonyl (C=O) groups excluding carboxylic acids is 1. The fourth-order valence-corrected chi connectivity index (χ4v) is 1.89. The van der Waals surface area contributed by atoms with E-state index in [1.54, 1.807) is 4.90 Å². The summed E-state index contributed by atoms with van der Waals surface area (Å²) < 4.78 is 5.33. The van der Waals surface area contributed by atoms with Gasteiger partial charge < -0.3 is 9.64 Å². The summed E-state index contributed by atoms with van der Waals surface area (Å²) in [5.41, 5.74) is -0.399. The van der Waals surface area contributed by atoms with Crippen molar-refractivity contribution in [3.05, 3.63) is 0 Å². The first-order valence-electron chi connectivity index (χ1n) is 5.54. The molecule has 15 heavy (non-hydrogen) atoms. The minimum Gasteiger partial charge on any atom is -0.444 e. The Balaban J connectivity index is 2.45. The maximum atomic E-state index is 11.8. The smallest absolute Gasteiger partial charge is 0.410 e. The highest BCUT2D eigenvalue weighted by Crippen LogP contribution is 2.18. The lowest BCUT2D eigenvalue weighted by atomic mass is 10.2. The molecule has 0 spiro atoms. The second-order valence-corrected chi connectivity index (χ2v) is 5.78. The van der Waals surface area contributed by atoms with Crippen molar-refractivity contribution < 1.29 is 9.53 Å². The molecule has 1 amide bonds. The third-order valence-electron chi connectivity index (χ3n) is 2.35. The Morgan fingerprint density at radius 2 is 2.00 bits per heavy atom. The van der Waals surface area contributed by atoms with E-state index in [0.29, 0.717) is 5.25 Å². The van der Waals surface area contributed by atoms with E-state index in [1.807, 2.05) is 20.8 Å². The molecular formula is C11H21NO2S. The third-order valence-corrected chi connectivity index (χ3v) is 2.87. The molecular weight excluding hydrogens is 210 g/mol. The van der Waals surface area contributed by atoms with Crippen LogP contribution in [0, 0.1) is 0 Å². The Morgan fingerprint density at radius 1 is 1.33 bits per heavy atom. The molecule has 1 atom stereocenters. The summed E-state index contributed by atoms with van der Waals surface area (Å²) in [4.78, 5) is 13.5. The number of carbonyl (C=O) groups is 1. The zero-order valence-electron chi connectivity index (χ0n) is 9.82. The molecule has 0 N–H and O–H groups in total. The van der Waals surface area contributed by atoms with Crippen LogP contribution in [0.3, 0.4) is 0 Å². The molecule has 0 aromatic carbocycles. The first-order chi connectivity index (χ1) is 6.88. The minimum atomic E-state index is -0.399. The lowest BCUT2D eigenvalue weighted by Gasteiger charge is -2.26. The number of amides is 1. The summed E-state index contributed by atoms with van der Waals surface area (Å²) >= 11 is 4.45. The molecule has 0 aromatic heterocycles. The number of nitrogens with zero attached hydrogens (tertiary/aromatic N) is 1. The Kier molecular flexibility index (Phi) is 4.32. The van der Waals surface area contributed by atoms with Gasteiger partial charge in [0, 0.05) is 18.3 Å². The van der Waals surface area contributed by atoms with E-state index in [-0.39, 0.29) is 6.09 Å². The summed E-state index contributed by atoms with van der Waals surface area (Å²) in [5.74, 6) is 0. The van der Waals surface area contributed by atoms with Gasteiger partial charge in [0.25, 0.3) is 0 Å². The summed E-state index contributed by atoms with van der Waals surface area (Å²) in [6.45, 7) is 7.24. The molecule has 0 unspecified atom stereocenters. The predicted octanol–water partition coefficient (Wildman–Crippen LogP) is 2.71. The molecule has 0 aromatic rings. The van der Waals surface area contributed by atoms with Crippen molar-refractivity contribution in [2.75, 3.05) is 13.1 Å². The van der Waals surface area contributed by atoms with Crippen molar-refractivity contribution in [2.24, 2.45) is 0 Å². The minimum absolute atomic E-state index is 0.190. The Bertz CT molecular complexity index is 225. The van der Waals surface area contributed by atoms with Crippen molar-refractivity contribution >= 4 is 18.7 Å². The summed E-state index contributed by atoms with van der Waals surface area (Å²) in [5, 5.41) is 0.428. The van der Waals surface area contributed by atoms with Gasteiger partial charge in [0.1, 0.15) is 5.60 Å². The second-order valence-electron chi connectivity index (χ2n) is 5.05. The van der Waals surface area contributed by atoms with E-state index in [9.17, 15) is 4.79 Å². The van der Waals surface area contributed by atoms with Gasteiger partial charge in [-0.3, -0.25) is 0 Å². The molecule has 1 fully saturated rings. The number of hydrogen-bond donors (Lipinski definition) is 1. The van der Waals surface area contributed by atoms with Crippen molar-refractivity contribution in [1.29, 1.82) is 0 Å². The van der Waals surface area contributed by atoms with Gasteiger partial charge in [-0.15, -0.1) is 0 Å².